The van der Waals surface area contributed by atoms with E-state index in [2.05, 4.69) is 65.9 Å². The summed E-state index contributed by atoms with van der Waals surface area (Å²) in [7, 11) is 0. The highest BCUT2D eigenvalue weighted by atomic mass is 32.2. The number of hydrogen-bond donors (Lipinski definition) is 0. The summed E-state index contributed by atoms with van der Waals surface area (Å²) in [6.45, 7) is 0. The van der Waals surface area contributed by atoms with Crippen LogP contribution in [-0.4, -0.2) is 18.8 Å². The summed E-state index contributed by atoms with van der Waals surface area (Å²) in [4.78, 5) is 15.6. The number of nitrogens with zero attached hydrogens (tertiary/aromatic N) is 1. The molecule has 0 aromatic heterocycles. The first-order valence-corrected chi connectivity index (χ1v) is 10.3. The number of rotatable bonds is 6. The molecule has 0 N–H and O–H groups in total. The second kappa shape index (κ2) is 8.28. The molecule has 3 rings (SSSR count). The van der Waals surface area contributed by atoms with Crippen molar-refractivity contribution in [1.82, 2.24) is 0 Å². The summed E-state index contributed by atoms with van der Waals surface area (Å²) in [5.41, 5.74) is 3.89. The first kappa shape index (κ1) is 17.6. The third-order valence-corrected chi connectivity index (χ3v) is 5.44. The molecule has 0 aliphatic heterocycles. The number of carbonyl (C=O) groups is 1. The fraction of sp³-hybridized carbons (Fsp3) is 0.0952. The molecular weight excluding hydrogens is 346 g/mol. The molecule has 0 heterocycles. The Morgan fingerprint density at radius 2 is 1.00 bits per heavy atom. The summed E-state index contributed by atoms with van der Waals surface area (Å²) in [6, 6.07) is 24.7. The van der Waals surface area contributed by atoms with Gasteiger partial charge in [0.15, 0.2) is 0 Å². The highest BCUT2D eigenvalue weighted by molar-refractivity contribution is 7.98. The lowest BCUT2D eigenvalue weighted by atomic mass is 10.1. The zero-order chi connectivity index (χ0) is 17.6. The maximum Gasteiger partial charge on any atom is 0.150 e. The number of aldehydes is 1. The van der Waals surface area contributed by atoms with Crippen molar-refractivity contribution >= 4 is 46.9 Å². The smallest absolute Gasteiger partial charge is 0.150 e. The van der Waals surface area contributed by atoms with E-state index in [-0.39, 0.29) is 0 Å². The molecule has 4 heteroatoms. The molecule has 25 heavy (non-hydrogen) atoms. The van der Waals surface area contributed by atoms with E-state index in [0.29, 0.717) is 5.56 Å². The van der Waals surface area contributed by atoms with Crippen LogP contribution >= 0.6 is 23.5 Å². The van der Waals surface area contributed by atoms with E-state index < -0.39 is 0 Å². The van der Waals surface area contributed by atoms with Crippen LogP contribution in [0.4, 0.5) is 17.1 Å². The minimum absolute atomic E-state index is 0.680. The van der Waals surface area contributed by atoms with Crippen molar-refractivity contribution in [1.29, 1.82) is 0 Å². The van der Waals surface area contributed by atoms with Gasteiger partial charge in [0.2, 0.25) is 0 Å². The fourth-order valence-electron chi connectivity index (χ4n) is 2.61. The maximum absolute atomic E-state index is 11.0. The van der Waals surface area contributed by atoms with Gasteiger partial charge in [-0.2, -0.15) is 0 Å². The van der Waals surface area contributed by atoms with Crippen LogP contribution in [0.25, 0.3) is 0 Å². The Hall–Kier alpha value is -2.17. The van der Waals surface area contributed by atoms with Crippen LogP contribution in [0.1, 0.15) is 10.4 Å². The molecule has 0 amide bonds. The van der Waals surface area contributed by atoms with Crippen molar-refractivity contribution in [2.75, 3.05) is 17.4 Å². The molecule has 3 aromatic carbocycles. The average Bonchev–Trinajstić information content (AvgIpc) is 2.70. The number of carbonyl (C=O) groups excluding carboxylic acids is 1. The number of thioether (sulfide) groups is 2. The Kier molecular flexibility index (Phi) is 5.84. The second-order valence-corrected chi connectivity index (χ2v) is 7.20. The molecule has 3 aromatic rings. The monoisotopic (exact) mass is 365 g/mol. The molecule has 0 saturated heterocycles. The summed E-state index contributed by atoms with van der Waals surface area (Å²) in [5.74, 6) is 0. The zero-order valence-corrected chi connectivity index (χ0v) is 15.8. The Morgan fingerprint density at radius 3 is 1.32 bits per heavy atom. The maximum atomic E-state index is 11.0. The SMILES string of the molecule is CSc1ccc(N(c2ccc(C=O)cc2)c2ccc(SC)cc2)cc1. The first-order chi connectivity index (χ1) is 12.2. The quantitative estimate of drug-likeness (QED) is 0.371. The van der Waals surface area contributed by atoms with E-state index in [9.17, 15) is 4.79 Å². The third-order valence-electron chi connectivity index (χ3n) is 3.95. The van der Waals surface area contributed by atoms with Crippen molar-refractivity contribution in [3.63, 3.8) is 0 Å². The minimum atomic E-state index is 0.680. The van der Waals surface area contributed by atoms with E-state index >= 15 is 0 Å². The van der Waals surface area contributed by atoms with E-state index in [1.165, 1.54) is 9.79 Å². The van der Waals surface area contributed by atoms with E-state index in [4.69, 9.17) is 0 Å². The zero-order valence-electron chi connectivity index (χ0n) is 14.2. The second-order valence-electron chi connectivity index (χ2n) is 5.44. The highest BCUT2D eigenvalue weighted by Crippen LogP contribution is 2.36. The van der Waals surface area contributed by atoms with Gasteiger partial charge in [-0.15, -0.1) is 23.5 Å². The molecule has 0 atom stereocenters. The van der Waals surface area contributed by atoms with Crippen molar-refractivity contribution < 1.29 is 4.79 Å². The van der Waals surface area contributed by atoms with E-state index in [1.807, 2.05) is 24.3 Å². The van der Waals surface area contributed by atoms with Gasteiger partial charge in [0.05, 0.1) is 0 Å². The number of anilines is 3. The van der Waals surface area contributed by atoms with Gasteiger partial charge in [-0.3, -0.25) is 4.79 Å². The molecule has 126 valence electrons. The topological polar surface area (TPSA) is 20.3 Å². The van der Waals surface area contributed by atoms with Crippen LogP contribution in [-0.2, 0) is 0 Å². The van der Waals surface area contributed by atoms with Gasteiger partial charge < -0.3 is 4.90 Å². The Morgan fingerprint density at radius 1 is 0.640 bits per heavy atom. The lowest BCUT2D eigenvalue weighted by Gasteiger charge is -2.25. The van der Waals surface area contributed by atoms with Gasteiger partial charge in [0.25, 0.3) is 0 Å². The van der Waals surface area contributed by atoms with Crippen LogP contribution in [0.5, 0.6) is 0 Å². The van der Waals surface area contributed by atoms with Crippen LogP contribution < -0.4 is 4.90 Å². The molecule has 0 spiro atoms. The molecular formula is C21H19NOS2. The van der Waals surface area contributed by atoms with Gasteiger partial charge in [-0.05, 0) is 85.3 Å². The molecule has 2 nitrogen and oxygen atoms in total. The average molecular weight is 366 g/mol. The van der Waals surface area contributed by atoms with Crippen molar-refractivity contribution in [2.24, 2.45) is 0 Å². The van der Waals surface area contributed by atoms with Gasteiger partial charge in [0, 0.05) is 32.4 Å². The predicted octanol–water partition coefficient (Wildman–Crippen LogP) is 6.41. The largest absolute Gasteiger partial charge is 0.311 e. The lowest BCUT2D eigenvalue weighted by molar-refractivity contribution is 0.112. The molecule has 0 fully saturated rings. The van der Waals surface area contributed by atoms with Crippen LogP contribution in [0.2, 0.25) is 0 Å². The molecule has 0 aliphatic rings. The van der Waals surface area contributed by atoms with Gasteiger partial charge in [0.1, 0.15) is 6.29 Å². The third kappa shape index (κ3) is 4.09. The van der Waals surface area contributed by atoms with Crippen LogP contribution in [0.3, 0.4) is 0 Å². The molecule has 0 bridgehead atoms. The number of benzene rings is 3. The molecule has 0 unspecified atom stereocenters. The highest BCUT2D eigenvalue weighted by Gasteiger charge is 2.12. The normalized spacial score (nSPS) is 10.5. The van der Waals surface area contributed by atoms with E-state index in [1.54, 1.807) is 23.5 Å². The number of hydrogen-bond acceptors (Lipinski definition) is 4. The molecule has 0 radical (unpaired) electrons. The van der Waals surface area contributed by atoms with Crippen molar-refractivity contribution in [3.05, 3.63) is 78.4 Å². The predicted molar refractivity (Wildman–Crippen MR) is 110 cm³/mol. The summed E-state index contributed by atoms with van der Waals surface area (Å²) >= 11 is 3.46. The molecule has 0 saturated carbocycles. The Labute approximate surface area is 157 Å². The Bertz CT molecular complexity index is 780. The standard InChI is InChI=1S/C21H19NOS2/c1-24-20-11-7-18(8-12-20)22(17-5-3-16(15-23)4-6-17)19-9-13-21(25-2)14-10-19/h3-15H,1-2H3. The van der Waals surface area contributed by atoms with Crippen LogP contribution in [0.15, 0.2) is 82.6 Å². The minimum Gasteiger partial charge on any atom is -0.311 e. The van der Waals surface area contributed by atoms with Gasteiger partial charge in [-0.1, -0.05) is 0 Å². The lowest BCUT2D eigenvalue weighted by Crippen LogP contribution is -2.09. The summed E-state index contributed by atoms with van der Waals surface area (Å²) < 4.78 is 0. The first-order valence-electron chi connectivity index (χ1n) is 7.88. The molecule has 0 aliphatic carbocycles. The van der Waals surface area contributed by atoms with E-state index in [0.717, 1.165) is 23.3 Å². The van der Waals surface area contributed by atoms with Crippen molar-refractivity contribution in [2.45, 2.75) is 9.79 Å². The van der Waals surface area contributed by atoms with Gasteiger partial charge in [-0.25, -0.2) is 0 Å². The summed E-state index contributed by atoms with van der Waals surface area (Å²) in [5, 5.41) is 0. The fourth-order valence-corrected chi connectivity index (χ4v) is 3.43. The van der Waals surface area contributed by atoms with Gasteiger partial charge >= 0.3 is 0 Å². The Balaban J connectivity index is 2.06. The van der Waals surface area contributed by atoms with Crippen molar-refractivity contribution in [3.8, 4) is 0 Å². The summed E-state index contributed by atoms with van der Waals surface area (Å²) in [6.07, 6.45) is 5.02. The van der Waals surface area contributed by atoms with Crippen LogP contribution in [0, 0.1) is 0 Å².